The second kappa shape index (κ2) is 8.39. The molecule has 4 nitrogen and oxygen atoms in total. The van der Waals surface area contributed by atoms with Crippen molar-refractivity contribution in [3.63, 3.8) is 0 Å². The Morgan fingerprint density at radius 2 is 2.00 bits per heavy atom. The number of carbonyl (C=O) groups is 1. The van der Waals surface area contributed by atoms with Crippen molar-refractivity contribution in [3.05, 3.63) is 60.2 Å². The number of rotatable bonds is 1. The third kappa shape index (κ3) is 4.85. The molecule has 1 aromatic carbocycles. The van der Waals surface area contributed by atoms with Gasteiger partial charge in [-0.25, -0.2) is 0 Å². The van der Waals surface area contributed by atoms with Crippen LogP contribution in [-0.4, -0.2) is 31.8 Å². The average molecular weight is 287 g/mol. The number of hydrogen-bond acceptors (Lipinski definition) is 3. The Kier molecular flexibility index (Phi) is 6.19. The zero-order valence-electron chi connectivity index (χ0n) is 12.1. The van der Waals surface area contributed by atoms with E-state index in [1.165, 1.54) is 0 Å². The van der Waals surface area contributed by atoms with Crippen LogP contribution in [0.4, 0.5) is 0 Å². The van der Waals surface area contributed by atoms with Crippen LogP contribution in [0.5, 0.6) is 0 Å². The van der Waals surface area contributed by atoms with Crippen molar-refractivity contribution in [1.29, 1.82) is 0 Å². The minimum atomic E-state index is -0.0965. The summed E-state index contributed by atoms with van der Waals surface area (Å²) in [4.78, 5) is 12.4. The van der Waals surface area contributed by atoms with Gasteiger partial charge < -0.3 is 14.8 Å². The van der Waals surface area contributed by atoms with Gasteiger partial charge in [0.2, 0.25) is 0 Å². The van der Waals surface area contributed by atoms with Gasteiger partial charge in [-0.2, -0.15) is 0 Å². The Morgan fingerprint density at radius 3 is 2.86 bits per heavy atom. The highest BCUT2D eigenvalue weighted by Crippen LogP contribution is 2.11. The molecule has 21 heavy (non-hydrogen) atoms. The lowest BCUT2D eigenvalue weighted by Gasteiger charge is -2.16. The highest BCUT2D eigenvalue weighted by molar-refractivity contribution is 5.95. The van der Waals surface area contributed by atoms with Crippen molar-refractivity contribution >= 4 is 5.91 Å². The summed E-state index contributed by atoms with van der Waals surface area (Å²) in [5.74, 6) is -0.0965. The highest BCUT2D eigenvalue weighted by atomic mass is 16.5. The molecular formula is C17H21NO3. The summed E-state index contributed by atoms with van der Waals surface area (Å²) in [5, 5.41) is 2.97. The van der Waals surface area contributed by atoms with Crippen LogP contribution in [0, 0.1) is 0 Å². The molecule has 1 aliphatic heterocycles. The van der Waals surface area contributed by atoms with Gasteiger partial charge in [0.15, 0.2) is 0 Å². The van der Waals surface area contributed by atoms with Gasteiger partial charge in [0.25, 0.3) is 5.91 Å². The summed E-state index contributed by atoms with van der Waals surface area (Å²) in [6, 6.07) is 7.39. The van der Waals surface area contributed by atoms with E-state index in [0.29, 0.717) is 38.4 Å². The number of nitrogens with one attached hydrogen (secondary N) is 1. The maximum Gasteiger partial charge on any atom is 0.252 e. The summed E-state index contributed by atoms with van der Waals surface area (Å²) in [5.41, 5.74) is 1.52. The van der Waals surface area contributed by atoms with Crippen LogP contribution in [0.15, 0.2) is 49.1 Å². The van der Waals surface area contributed by atoms with Gasteiger partial charge >= 0.3 is 0 Å². The van der Waals surface area contributed by atoms with Gasteiger partial charge in [0.1, 0.15) is 0 Å². The molecule has 112 valence electrons. The number of ether oxygens (including phenoxy) is 2. The Morgan fingerprint density at radius 1 is 1.19 bits per heavy atom. The maximum absolute atomic E-state index is 12.4. The molecule has 4 heteroatoms. The predicted molar refractivity (Wildman–Crippen MR) is 82.1 cm³/mol. The van der Waals surface area contributed by atoms with Gasteiger partial charge in [-0.05, 0) is 18.1 Å². The lowest BCUT2D eigenvalue weighted by molar-refractivity contribution is 0.0498. The number of carbonyl (C=O) groups excluding carboxylic acids is 1. The van der Waals surface area contributed by atoms with Crippen molar-refractivity contribution in [2.45, 2.75) is 19.1 Å². The molecule has 2 rings (SSSR count). The summed E-state index contributed by atoms with van der Waals surface area (Å²) in [7, 11) is 0. The van der Waals surface area contributed by atoms with Crippen LogP contribution >= 0.6 is 0 Å². The standard InChI is InChI=1S/C17H21NO3/c1-2-15-8-5-6-10-20-11-12-21-13-14-7-3-4-9-16(14)17(19)18-15/h2-7,9,15H,1,8,10-13H2,(H,18,19)/b6-5-. The first-order valence-electron chi connectivity index (χ1n) is 7.13. The molecular weight excluding hydrogens is 266 g/mol. The summed E-state index contributed by atoms with van der Waals surface area (Å²) >= 11 is 0. The molecule has 0 saturated carbocycles. The first-order valence-corrected chi connectivity index (χ1v) is 7.13. The van der Waals surface area contributed by atoms with Crippen LogP contribution in [0.2, 0.25) is 0 Å². The van der Waals surface area contributed by atoms with E-state index in [1.807, 2.05) is 36.4 Å². The van der Waals surface area contributed by atoms with E-state index in [-0.39, 0.29) is 11.9 Å². The first kappa shape index (κ1) is 15.5. The van der Waals surface area contributed by atoms with Gasteiger partial charge in [0.05, 0.1) is 32.5 Å². The van der Waals surface area contributed by atoms with Crippen LogP contribution in [0.1, 0.15) is 22.3 Å². The topological polar surface area (TPSA) is 47.6 Å². The Balaban J connectivity index is 2.16. The molecule has 0 fully saturated rings. The normalized spacial score (nSPS) is 22.5. The first-order chi connectivity index (χ1) is 10.3. The number of fused-ring (bicyclic) bond motifs is 1. The summed E-state index contributed by atoms with van der Waals surface area (Å²) in [6.45, 7) is 5.79. The van der Waals surface area contributed by atoms with E-state index in [9.17, 15) is 4.79 Å². The van der Waals surface area contributed by atoms with E-state index in [0.717, 1.165) is 5.56 Å². The Labute approximate surface area is 125 Å². The second-order valence-electron chi connectivity index (χ2n) is 4.81. The van der Waals surface area contributed by atoms with E-state index < -0.39 is 0 Å². The fourth-order valence-electron chi connectivity index (χ4n) is 2.09. The summed E-state index contributed by atoms with van der Waals surface area (Å²) in [6.07, 6.45) is 6.39. The zero-order chi connectivity index (χ0) is 14.9. The van der Waals surface area contributed by atoms with E-state index in [4.69, 9.17) is 9.47 Å². The number of benzene rings is 1. The monoisotopic (exact) mass is 287 g/mol. The number of hydrogen-bond donors (Lipinski definition) is 1. The lowest BCUT2D eigenvalue weighted by Crippen LogP contribution is -2.33. The fourth-order valence-corrected chi connectivity index (χ4v) is 2.09. The van der Waals surface area contributed by atoms with E-state index in [2.05, 4.69) is 11.9 Å². The van der Waals surface area contributed by atoms with Gasteiger partial charge in [-0.15, -0.1) is 6.58 Å². The Bertz CT molecular complexity index is 511. The van der Waals surface area contributed by atoms with Gasteiger partial charge in [-0.3, -0.25) is 4.79 Å². The fraction of sp³-hybridized carbons (Fsp3) is 0.353. The average Bonchev–Trinajstić information content (AvgIpc) is 2.51. The predicted octanol–water partition coefficient (Wildman–Crippen LogP) is 2.46. The second-order valence-corrected chi connectivity index (χ2v) is 4.81. The molecule has 1 unspecified atom stereocenters. The molecule has 0 aromatic heterocycles. The van der Waals surface area contributed by atoms with Crippen LogP contribution in [-0.2, 0) is 16.1 Å². The third-order valence-corrected chi connectivity index (χ3v) is 3.26. The molecule has 1 heterocycles. The molecule has 1 aromatic rings. The van der Waals surface area contributed by atoms with Crippen molar-refractivity contribution in [2.75, 3.05) is 19.8 Å². The molecule has 0 saturated heterocycles. The minimum absolute atomic E-state index is 0.0920. The molecule has 0 bridgehead atoms. The molecule has 1 amide bonds. The molecule has 0 radical (unpaired) electrons. The molecule has 0 aliphatic carbocycles. The zero-order valence-corrected chi connectivity index (χ0v) is 12.1. The van der Waals surface area contributed by atoms with Crippen molar-refractivity contribution in [1.82, 2.24) is 5.32 Å². The highest BCUT2D eigenvalue weighted by Gasteiger charge is 2.13. The van der Waals surface area contributed by atoms with E-state index >= 15 is 0 Å². The number of amides is 1. The Hall–Kier alpha value is -1.91. The molecule has 1 N–H and O–H groups in total. The lowest BCUT2D eigenvalue weighted by atomic mass is 10.1. The molecule has 1 atom stereocenters. The van der Waals surface area contributed by atoms with Crippen LogP contribution in [0.25, 0.3) is 0 Å². The quantitative estimate of drug-likeness (QED) is 0.807. The SMILES string of the molecule is C=CC1C/C=C\COCCOCc2ccccc2C(=O)N1. The third-order valence-electron chi connectivity index (χ3n) is 3.26. The van der Waals surface area contributed by atoms with Crippen molar-refractivity contribution < 1.29 is 14.3 Å². The molecule has 1 aliphatic rings. The van der Waals surface area contributed by atoms with Crippen molar-refractivity contribution in [3.8, 4) is 0 Å². The van der Waals surface area contributed by atoms with E-state index in [1.54, 1.807) is 6.08 Å². The van der Waals surface area contributed by atoms with Crippen molar-refractivity contribution in [2.24, 2.45) is 0 Å². The van der Waals surface area contributed by atoms with Crippen LogP contribution < -0.4 is 5.32 Å². The summed E-state index contributed by atoms with van der Waals surface area (Å²) < 4.78 is 11.0. The van der Waals surface area contributed by atoms with Gasteiger partial charge in [-0.1, -0.05) is 36.4 Å². The van der Waals surface area contributed by atoms with Crippen LogP contribution in [0.3, 0.4) is 0 Å². The molecule has 0 spiro atoms. The largest absolute Gasteiger partial charge is 0.375 e. The minimum Gasteiger partial charge on any atom is -0.375 e. The maximum atomic E-state index is 12.4. The smallest absolute Gasteiger partial charge is 0.252 e. The van der Waals surface area contributed by atoms with Gasteiger partial charge in [0, 0.05) is 5.56 Å².